The number of thioether (sulfide) groups is 1. The summed E-state index contributed by atoms with van der Waals surface area (Å²) >= 11 is 7.17. The van der Waals surface area contributed by atoms with E-state index in [0.29, 0.717) is 40.1 Å². The molecule has 0 radical (unpaired) electrons. The van der Waals surface area contributed by atoms with Crippen molar-refractivity contribution in [1.29, 1.82) is 0 Å². The zero-order valence-electron chi connectivity index (χ0n) is 20.5. The second-order valence-electron chi connectivity index (χ2n) is 8.39. The molecule has 7 nitrogen and oxygen atoms in total. The van der Waals surface area contributed by atoms with Crippen molar-refractivity contribution < 1.29 is 23.5 Å². The van der Waals surface area contributed by atoms with Crippen LogP contribution in [-0.4, -0.2) is 46.3 Å². The molecule has 0 aliphatic carbocycles. The molecule has 1 aliphatic rings. The van der Waals surface area contributed by atoms with Crippen molar-refractivity contribution in [3.8, 4) is 0 Å². The van der Waals surface area contributed by atoms with Gasteiger partial charge in [0.05, 0.1) is 17.9 Å². The number of rotatable bonds is 8. The number of carbonyl (C=O) groups is 3. The first-order chi connectivity index (χ1) is 18.3. The van der Waals surface area contributed by atoms with E-state index >= 15 is 0 Å². The number of hydrogen-bond donors (Lipinski definition) is 1. The van der Waals surface area contributed by atoms with Crippen LogP contribution >= 0.6 is 23.4 Å². The molecule has 4 rings (SSSR count). The Labute approximate surface area is 229 Å². The maximum atomic E-state index is 13.2. The van der Waals surface area contributed by atoms with Gasteiger partial charge in [0.2, 0.25) is 11.8 Å². The number of ether oxygens (including phenoxy) is 1. The lowest BCUT2D eigenvalue weighted by Crippen LogP contribution is -2.46. The van der Waals surface area contributed by atoms with Crippen LogP contribution in [0.5, 0.6) is 0 Å². The van der Waals surface area contributed by atoms with Crippen molar-refractivity contribution in [2.75, 3.05) is 18.5 Å². The third-order valence-corrected chi connectivity index (χ3v) is 7.12. The Hall–Kier alpha value is -3.69. The maximum absolute atomic E-state index is 13.2. The predicted molar refractivity (Wildman–Crippen MR) is 147 cm³/mol. The topological polar surface area (TPSA) is 88.1 Å². The predicted octanol–water partition coefficient (Wildman–Crippen LogP) is 5.86. The summed E-state index contributed by atoms with van der Waals surface area (Å²) < 4.78 is 18.3. The number of amides is 2. The third-order valence-electron chi connectivity index (χ3n) is 5.68. The Kier molecular flexibility index (Phi) is 9.15. The van der Waals surface area contributed by atoms with Crippen LogP contribution in [0, 0.1) is 5.82 Å². The van der Waals surface area contributed by atoms with Crippen molar-refractivity contribution in [3.05, 3.63) is 94.8 Å². The number of amidine groups is 1. The number of halogens is 2. The summed E-state index contributed by atoms with van der Waals surface area (Å²) in [6.07, 6.45) is 0.551. The van der Waals surface area contributed by atoms with E-state index in [9.17, 15) is 18.8 Å². The Bertz CT molecular complexity index is 1330. The fourth-order valence-electron chi connectivity index (χ4n) is 3.71. The minimum absolute atomic E-state index is 0.0148. The van der Waals surface area contributed by atoms with Gasteiger partial charge in [-0.2, -0.15) is 0 Å². The number of benzene rings is 3. The summed E-state index contributed by atoms with van der Waals surface area (Å²) in [4.78, 5) is 44.4. The first-order valence-electron chi connectivity index (χ1n) is 12.0. The molecule has 1 atom stereocenters. The molecule has 3 aromatic carbocycles. The van der Waals surface area contributed by atoms with Crippen LogP contribution in [0.1, 0.15) is 29.3 Å². The molecular formula is C28H25ClFN3O4S. The van der Waals surface area contributed by atoms with E-state index in [1.54, 1.807) is 48.2 Å². The summed E-state index contributed by atoms with van der Waals surface area (Å²) in [6, 6.07) is 19.3. The third kappa shape index (κ3) is 7.20. The fourth-order valence-corrected chi connectivity index (χ4v) is 4.96. The van der Waals surface area contributed by atoms with Crippen molar-refractivity contribution >= 4 is 57.7 Å². The van der Waals surface area contributed by atoms with Gasteiger partial charge < -0.3 is 10.1 Å². The molecule has 1 fully saturated rings. The quantitative estimate of drug-likeness (QED) is 0.353. The van der Waals surface area contributed by atoms with Crippen LogP contribution in [0.2, 0.25) is 5.02 Å². The van der Waals surface area contributed by atoms with Crippen LogP contribution in [0.15, 0.2) is 77.8 Å². The largest absolute Gasteiger partial charge is 0.462 e. The summed E-state index contributed by atoms with van der Waals surface area (Å²) in [6.45, 7) is 2.36. The molecule has 1 aliphatic heterocycles. The first kappa shape index (κ1) is 27.3. The number of aliphatic imine (C=N–C) groups is 1. The summed E-state index contributed by atoms with van der Waals surface area (Å²) in [5.41, 5.74) is 2.34. The van der Waals surface area contributed by atoms with E-state index in [1.807, 2.05) is 12.1 Å². The van der Waals surface area contributed by atoms with Gasteiger partial charge in [-0.15, -0.1) is 0 Å². The van der Waals surface area contributed by atoms with Gasteiger partial charge in [0.15, 0.2) is 5.17 Å². The van der Waals surface area contributed by atoms with Crippen molar-refractivity contribution in [1.82, 2.24) is 4.90 Å². The Morgan fingerprint density at radius 2 is 1.76 bits per heavy atom. The lowest BCUT2D eigenvalue weighted by Gasteiger charge is -2.32. The van der Waals surface area contributed by atoms with Gasteiger partial charge in [0, 0.05) is 23.7 Å². The maximum Gasteiger partial charge on any atom is 0.338 e. The molecule has 1 saturated heterocycles. The molecule has 0 bridgehead atoms. The van der Waals surface area contributed by atoms with Gasteiger partial charge in [-0.05, 0) is 79.6 Å². The molecule has 1 N–H and O–H groups in total. The van der Waals surface area contributed by atoms with Crippen LogP contribution in [0.25, 0.3) is 0 Å². The van der Waals surface area contributed by atoms with Gasteiger partial charge in [-0.3, -0.25) is 14.5 Å². The SMILES string of the molecule is CCOC(=O)c1ccc(N=C2S[C@@H](C(=O)Nc3ccc(F)cc3)CC(=O)N2CCc2ccc(Cl)cc2)cc1. The van der Waals surface area contributed by atoms with E-state index in [4.69, 9.17) is 16.3 Å². The minimum Gasteiger partial charge on any atom is -0.462 e. The highest BCUT2D eigenvalue weighted by molar-refractivity contribution is 8.15. The standard InChI is InChI=1S/C28H25ClFN3O4S/c1-2-37-27(36)19-5-11-23(12-6-19)32-28-33(16-15-18-3-7-20(29)8-4-18)25(34)17-24(38-28)26(35)31-22-13-9-21(30)10-14-22/h3-14,24H,2,15-17H2,1H3,(H,31,35)/t24-/m1/s1. The fraction of sp³-hybridized carbons (Fsp3) is 0.214. The molecule has 196 valence electrons. The Balaban J connectivity index is 1.55. The van der Waals surface area contributed by atoms with E-state index in [1.165, 1.54) is 36.0 Å². The lowest BCUT2D eigenvalue weighted by molar-refractivity contribution is -0.129. The molecule has 2 amide bonds. The van der Waals surface area contributed by atoms with Gasteiger partial charge in [0.25, 0.3) is 0 Å². The summed E-state index contributed by atoms with van der Waals surface area (Å²) in [7, 11) is 0. The molecule has 10 heteroatoms. The number of hydrogen-bond acceptors (Lipinski definition) is 6. The van der Waals surface area contributed by atoms with Crippen LogP contribution in [-0.2, 0) is 20.7 Å². The van der Waals surface area contributed by atoms with E-state index in [0.717, 1.165) is 5.56 Å². The lowest BCUT2D eigenvalue weighted by atomic mass is 10.1. The molecule has 0 unspecified atom stereocenters. The number of nitrogens with zero attached hydrogens (tertiary/aromatic N) is 2. The molecule has 0 aromatic heterocycles. The summed E-state index contributed by atoms with van der Waals surface area (Å²) in [5.74, 6) is -1.46. The number of esters is 1. The number of anilines is 1. The molecular weight excluding hydrogens is 529 g/mol. The highest BCUT2D eigenvalue weighted by Crippen LogP contribution is 2.30. The second kappa shape index (κ2) is 12.7. The van der Waals surface area contributed by atoms with Gasteiger partial charge in [-0.1, -0.05) is 35.5 Å². The number of nitrogens with one attached hydrogen (secondary N) is 1. The highest BCUT2D eigenvalue weighted by atomic mass is 35.5. The zero-order chi connectivity index (χ0) is 27.1. The molecule has 0 saturated carbocycles. The second-order valence-corrected chi connectivity index (χ2v) is 10.00. The van der Waals surface area contributed by atoms with Gasteiger partial charge >= 0.3 is 5.97 Å². The average molecular weight is 554 g/mol. The van der Waals surface area contributed by atoms with E-state index in [-0.39, 0.29) is 24.8 Å². The van der Waals surface area contributed by atoms with Crippen molar-refractivity contribution in [2.45, 2.75) is 25.0 Å². The van der Waals surface area contributed by atoms with Crippen LogP contribution < -0.4 is 5.32 Å². The van der Waals surface area contributed by atoms with Crippen LogP contribution in [0.3, 0.4) is 0 Å². The Morgan fingerprint density at radius 1 is 1.08 bits per heavy atom. The molecule has 1 heterocycles. The molecule has 38 heavy (non-hydrogen) atoms. The molecule has 0 spiro atoms. The Morgan fingerprint density at radius 3 is 2.42 bits per heavy atom. The van der Waals surface area contributed by atoms with Crippen molar-refractivity contribution in [3.63, 3.8) is 0 Å². The number of carbonyl (C=O) groups excluding carboxylic acids is 3. The van der Waals surface area contributed by atoms with E-state index in [2.05, 4.69) is 10.3 Å². The normalized spacial score (nSPS) is 16.4. The summed E-state index contributed by atoms with van der Waals surface area (Å²) in [5, 5.41) is 3.01. The van der Waals surface area contributed by atoms with Crippen LogP contribution in [0.4, 0.5) is 15.8 Å². The van der Waals surface area contributed by atoms with Crippen molar-refractivity contribution in [2.24, 2.45) is 4.99 Å². The first-order valence-corrected chi connectivity index (χ1v) is 13.2. The molecule has 3 aromatic rings. The monoisotopic (exact) mass is 553 g/mol. The smallest absolute Gasteiger partial charge is 0.338 e. The van der Waals surface area contributed by atoms with Gasteiger partial charge in [0.1, 0.15) is 11.1 Å². The zero-order valence-corrected chi connectivity index (χ0v) is 22.1. The highest BCUT2D eigenvalue weighted by Gasteiger charge is 2.35. The minimum atomic E-state index is -0.725. The van der Waals surface area contributed by atoms with Gasteiger partial charge in [-0.25, -0.2) is 14.2 Å². The van der Waals surface area contributed by atoms with E-state index < -0.39 is 17.0 Å². The average Bonchev–Trinajstić information content (AvgIpc) is 2.91.